The molecule has 30 heavy (non-hydrogen) atoms. The molecule has 1 amide bonds. The third kappa shape index (κ3) is 5.61. The molecule has 5 nitrogen and oxygen atoms in total. The van der Waals surface area contributed by atoms with E-state index >= 15 is 0 Å². The number of carbonyl (C=O) groups is 1. The fraction of sp³-hybridized carbons (Fsp3) is 0.348. The van der Waals surface area contributed by atoms with Gasteiger partial charge in [-0.05, 0) is 54.9 Å². The van der Waals surface area contributed by atoms with Gasteiger partial charge in [-0.15, -0.1) is 10.2 Å². The quantitative estimate of drug-likeness (QED) is 0.485. The Morgan fingerprint density at radius 2 is 1.90 bits per heavy atom. The summed E-state index contributed by atoms with van der Waals surface area (Å²) in [6.45, 7) is 2.75. The van der Waals surface area contributed by atoms with Crippen LogP contribution >= 0.6 is 23.1 Å². The Labute approximate surface area is 185 Å². The number of fused-ring (bicyclic) bond motifs is 1. The summed E-state index contributed by atoms with van der Waals surface area (Å²) in [6.07, 6.45) is 4.87. The first-order chi connectivity index (χ1) is 14.7. The van der Waals surface area contributed by atoms with Crippen molar-refractivity contribution in [3.63, 3.8) is 0 Å². The Hall–Kier alpha value is -2.38. The van der Waals surface area contributed by atoms with Crippen molar-refractivity contribution in [2.75, 3.05) is 11.1 Å². The summed E-state index contributed by atoms with van der Waals surface area (Å²) >= 11 is 2.90. The molecule has 7 heteroatoms. The Morgan fingerprint density at radius 1 is 1.10 bits per heavy atom. The van der Waals surface area contributed by atoms with Crippen LogP contribution in [0.1, 0.15) is 48.1 Å². The first-order valence-corrected chi connectivity index (χ1v) is 12.1. The lowest BCUT2D eigenvalue weighted by Gasteiger charge is -2.20. The third-order valence-corrected chi connectivity index (χ3v) is 7.28. The normalized spacial score (nSPS) is 14.0. The second-order valence-electron chi connectivity index (χ2n) is 7.53. The van der Waals surface area contributed by atoms with Crippen molar-refractivity contribution >= 4 is 34.1 Å². The molecule has 0 fully saturated rings. The molecule has 0 aliphatic heterocycles. The maximum atomic E-state index is 12.4. The molecular weight excluding hydrogens is 412 g/mol. The average Bonchev–Trinajstić information content (AvgIpc) is 3.24. The topological polar surface area (TPSA) is 66.9 Å². The molecule has 0 spiro atoms. The SMILES string of the molecule is C[C@H](NC(=O)CSc1nnc(NCc2ccccc2)s1)c1ccc2c(c1)CCCC2. The third-order valence-electron chi connectivity index (χ3n) is 5.27. The molecule has 2 aromatic carbocycles. The first kappa shape index (κ1) is 20.9. The van der Waals surface area contributed by atoms with E-state index in [4.69, 9.17) is 0 Å². The van der Waals surface area contributed by atoms with Crippen LogP contribution in [0.5, 0.6) is 0 Å². The van der Waals surface area contributed by atoms with Gasteiger partial charge in [0.05, 0.1) is 11.8 Å². The van der Waals surface area contributed by atoms with E-state index in [0.29, 0.717) is 12.3 Å². The molecule has 0 bridgehead atoms. The van der Waals surface area contributed by atoms with Crippen LogP contribution in [0.3, 0.4) is 0 Å². The number of thioether (sulfide) groups is 1. The minimum Gasteiger partial charge on any atom is -0.356 e. The van der Waals surface area contributed by atoms with Crippen LogP contribution in [0.2, 0.25) is 0 Å². The van der Waals surface area contributed by atoms with Gasteiger partial charge in [0.1, 0.15) is 0 Å². The van der Waals surface area contributed by atoms with E-state index in [2.05, 4.69) is 51.2 Å². The van der Waals surface area contributed by atoms with E-state index < -0.39 is 0 Å². The van der Waals surface area contributed by atoms with Gasteiger partial charge in [-0.25, -0.2) is 0 Å². The van der Waals surface area contributed by atoms with Gasteiger partial charge >= 0.3 is 0 Å². The zero-order chi connectivity index (χ0) is 20.8. The summed E-state index contributed by atoms with van der Waals surface area (Å²) in [6, 6.07) is 16.8. The lowest BCUT2D eigenvalue weighted by atomic mass is 9.89. The highest BCUT2D eigenvalue weighted by molar-refractivity contribution is 8.01. The molecule has 0 unspecified atom stereocenters. The van der Waals surface area contributed by atoms with E-state index in [9.17, 15) is 4.79 Å². The fourth-order valence-corrected chi connectivity index (χ4v) is 5.19. The van der Waals surface area contributed by atoms with Crippen molar-refractivity contribution in [3.8, 4) is 0 Å². The molecule has 156 valence electrons. The molecule has 0 saturated heterocycles. The number of nitrogens with zero attached hydrogens (tertiary/aromatic N) is 2. The highest BCUT2D eigenvalue weighted by atomic mass is 32.2. The van der Waals surface area contributed by atoms with E-state index in [-0.39, 0.29) is 11.9 Å². The number of aromatic nitrogens is 2. The number of amides is 1. The van der Waals surface area contributed by atoms with Crippen LogP contribution < -0.4 is 10.6 Å². The van der Waals surface area contributed by atoms with Crippen molar-refractivity contribution in [1.29, 1.82) is 0 Å². The van der Waals surface area contributed by atoms with Crippen molar-refractivity contribution in [2.45, 2.75) is 49.5 Å². The molecule has 0 radical (unpaired) electrons. The van der Waals surface area contributed by atoms with Crippen molar-refractivity contribution in [1.82, 2.24) is 15.5 Å². The van der Waals surface area contributed by atoms with Crippen LogP contribution in [-0.2, 0) is 24.2 Å². The molecule has 4 rings (SSSR count). The van der Waals surface area contributed by atoms with Crippen LogP contribution in [0.15, 0.2) is 52.9 Å². The smallest absolute Gasteiger partial charge is 0.230 e. The Morgan fingerprint density at radius 3 is 2.73 bits per heavy atom. The van der Waals surface area contributed by atoms with E-state index in [0.717, 1.165) is 15.9 Å². The monoisotopic (exact) mass is 438 g/mol. The van der Waals surface area contributed by atoms with Gasteiger partial charge in [0.25, 0.3) is 0 Å². The number of nitrogens with one attached hydrogen (secondary N) is 2. The molecule has 1 aromatic heterocycles. The second kappa shape index (κ2) is 10.1. The molecule has 1 aliphatic carbocycles. The molecule has 1 atom stereocenters. The average molecular weight is 439 g/mol. The predicted molar refractivity (Wildman–Crippen MR) is 124 cm³/mol. The lowest BCUT2D eigenvalue weighted by molar-refractivity contribution is -0.119. The largest absolute Gasteiger partial charge is 0.356 e. The zero-order valence-corrected chi connectivity index (χ0v) is 18.7. The maximum Gasteiger partial charge on any atom is 0.230 e. The predicted octanol–water partition coefficient (Wildman–Crippen LogP) is 5.00. The van der Waals surface area contributed by atoms with Gasteiger partial charge in [-0.2, -0.15) is 0 Å². The number of anilines is 1. The summed E-state index contributed by atoms with van der Waals surface area (Å²) in [5.74, 6) is 0.349. The number of aryl methyl sites for hydroxylation is 2. The van der Waals surface area contributed by atoms with Gasteiger partial charge in [-0.1, -0.05) is 71.6 Å². The second-order valence-corrected chi connectivity index (χ2v) is 9.73. The Bertz CT molecular complexity index is 990. The van der Waals surface area contributed by atoms with Crippen LogP contribution in [0.4, 0.5) is 5.13 Å². The van der Waals surface area contributed by atoms with Crippen molar-refractivity contribution < 1.29 is 4.79 Å². The van der Waals surface area contributed by atoms with Gasteiger partial charge in [0.15, 0.2) is 4.34 Å². The number of rotatable bonds is 8. The molecule has 2 N–H and O–H groups in total. The summed E-state index contributed by atoms with van der Waals surface area (Å²) in [5.41, 5.74) is 5.28. The van der Waals surface area contributed by atoms with Gasteiger partial charge in [-0.3, -0.25) is 4.79 Å². The van der Waals surface area contributed by atoms with Crippen molar-refractivity contribution in [2.24, 2.45) is 0 Å². The Balaban J connectivity index is 1.24. The standard InChI is InChI=1S/C23H26N4OS2/c1-16(19-12-11-18-9-5-6-10-20(18)13-19)25-21(28)15-29-23-27-26-22(30-23)24-14-17-7-3-2-4-8-17/h2-4,7-8,11-13,16H,5-6,9-10,14-15H2,1H3,(H,24,26)(H,25,28)/t16-/m0/s1. The summed E-state index contributed by atoms with van der Waals surface area (Å²) in [4.78, 5) is 12.4. The minimum absolute atomic E-state index is 0.00264. The first-order valence-electron chi connectivity index (χ1n) is 10.3. The summed E-state index contributed by atoms with van der Waals surface area (Å²) in [5, 5.41) is 15.5. The van der Waals surface area contributed by atoms with Crippen LogP contribution in [-0.4, -0.2) is 21.9 Å². The Kier molecular flexibility index (Phi) is 7.02. The molecule has 1 aliphatic rings. The van der Waals surface area contributed by atoms with Crippen LogP contribution in [0.25, 0.3) is 0 Å². The van der Waals surface area contributed by atoms with E-state index in [1.807, 2.05) is 25.1 Å². The van der Waals surface area contributed by atoms with E-state index in [1.165, 1.54) is 64.6 Å². The van der Waals surface area contributed by atoms with Gasteiger partial charge < -0.3 is 10.6 Å². The number of benzene rings is 2. The number of carbonyl (C=O) groups excluding carboxylic acids is 1. The lowest BCUT2D eigenvalue weighted by Crippen LogP contribution is -2.28. The number of hydrogen-bond acceptors (Lipinski definition) is 6. The summed E-state index contributed by atoms with van der Waals surface area (Å²) < 4.78 is 0.794. The highest BCUT2D eigenvalue weighted by Crippen LogP contribution is 2.27. The fourth-order valence-electron chi connectivity index (χ4n) is 3.63. The minimum atomic E-state index is 0.00264. The molecule has 3 aromatic rings. The summed E-state index contributed by atoms with van der Waals surface area (Å²) in [7, 11) is 0. The molecule has 1 heterocycles. The van der Waals surface area contributed by atoms with E-state index in [1.54, 1.807) is 0 Å². The van der Waals surface area contributed by atoms with Crippen molar-refractivity contribution in [3.05, 3.63) is 70.8 Å². The van der Waals surface area contributed by atoms with Gasteiger partial charge in [0, 0.05) is 6.54 Å². The molecular formula is C23H26N4OS2. The highest BCUT2D eigenvalue weighted by Gasteiger charge is 2.15. The van der Waals surface area contributed by atoms with Gasteiger partial charge in [0.2, 0.25) is 11.0 Å². The number of hydrogen-bond donors (Lipinski definition) is 2. The van der Waals surface area contributed by atoms with Crippen LogP contribution in [0, 0.1) is 0 Å². The zero-order valence-electron chi connectivity index (χ0n) is 17.1. The maximum absolute atomic E-state index is 12.4. The molecule has 0 saturated carbocycles.